The van der Waals surface area contributed by atoms with Gasteiger partial charge in [-0.1, -0.05) is 121 Å². The van der Waals surface area contributed by atoms with Crippen molar-refractivity contribution in [3.05, 3.63) is 36.5 Å². The normalized spacial score (nSPS) is 12.8. The van der Waals surface area contributed by atoms with Crippen LogP contribution in [0, 0.1) is 0 Å². The number of esters is 1. The summed E-state index contributed by atoms with van der Waals surface area (Å²) in [6.07, 6.45) is 38.8. The van der Waals surface area contributed by atoms with Gasteiger partial charge in [-0.15, -0.1) is 0 Å². The van der Waals surface area contributed by atoms with E-state index >= 15 is 0 Å². The molecule has 0 aliphatic carbocycles. The maximum Gasteiger partial charge on any atom is 0.306 e. The van der Waals surface area contributed by atoms with Gasteiger partial charge in [0.2, 0.25) is 0 Å². The summed E-state index contributed by atoms with van der Waals surface area (Å²) < 4.78 is 11.0. The van der Waals surface area contributed by atoms with Crippen LogP contribution >= 0.6 is 0 Å². The Morgan fingerprint density at radius 1 is 0.615 bits per heavy atom. The molecule has 0 bridgehead atoms. The van der Waals surface area contributed by atoms with Crippen LogP contribution in [0.2, 0.25) is 0 Å². The number of aliphatic hydroxyl groups is 1. The second-order valence-electron chi connectivity index (χ2n) is 10.9. The quantitative estimate of drug-likeness (QED) is 0.0551. The number of aliphatic hydroxyl groups excluding tert-OH is 1. The number of rotatable bonds is 30. The standard InChI is InChI=1S/C35H64O4/c1-3-5-7-9-11-13-15-16-17-18-19-20-22-24-26-28-30-35(37)39-34(32-36)33-38-31-29-27-25-23-21-14-12-10-8-6-4-2/h8,10,13,15,17-18,34,36H,3-7,9,11-12,14,16,19-33H2,1-2H3/b10-8-,15-13-,18-17-. The van der Waals surface area contributed by atoms with Gasteiger partial charge in [-0.2, -0.15) is 0 Å². The van der Waals surface area contributed by atoms with E-state index in [1.54, 1.807) is 0 Å². The van der Waals surface area contributed by atoms with Gasteiger partial charge in [-0.3, -0.25) is 4.79 Å². The molecule has 228 valence electrons. The summed E-state index contributed by atoms with van der Waals surface area (Å²) in [5, 5.41) is 9.51. The molecular weight excluding hydrogens is 484 g/mol. The summed E-state index contributed by atoms with van der Waals surface area (Å²) in [5.41, 5.74) is 0. The minimum absolute atomic E-state index is 0.180. The van der Waals surface area contributed by atoms with Crippen LogP contribution in [0.1, 0.15) is 155 Å². The fourth-order valence-electron chi connectivity index (χ4n) is 4.42. The monoisotopic (exact) mass is 548 g/mol. The van der Waals surface area contributed by atoms with Crippen LogP contribution in [0.15, 0.2) is 36.5 Å². The minimum atomic E-state index is -0.541. The molecule has 0 fully saturated rings. The van der Waals surface area contributed by atoms with E-state index in [9.17, 15) is 9.90 Å². The van der Waals surface area contributed by atoms with Gasteiger partial charge in [0.1, 0.15) is 6.10 Å². The average Bonchev–Trinajstić information content (AvgIpc) is 2.94. The Labute approximate surface area is 242 Å². The molecule has 0 radical (unpaired) electrons. The third-order valence-electron chi connectivity index (χ3n) is 6.92. The topological polar surface area (TPSA) is 55.8 Å². The van der Waals surface area contributed by atoms with E-state index in [-0.39, 0.29) is 19.2 Å². The lowest BCUT2D eigenvalue weighted by molar-refractivity contribution is -0.154. The third kappa shape index (κ3) is 31.0. The molecule has 0 saturated carbocycles. The maximum absolute atomic E-state index is 12.1. The number of ether oxygens (including phenoxy) is 2. The number of unbranched alkanes of at least 4 members (excludes halogenated alkanes) is 16. The molecule has 0 aromatic carbocycles. The first-order valence-electron chi connectivity index (χ1n) is 16.6. The fraction of sp³-hybridized carbons (Fsp3) is 0.800. The van der Waals surface area contributed by atoms with Crippen LogP contribution in [-0.2, 0) is 14.3 Å². The summed E-state index contributed by atoms with van der Waals surface area (Å²) >= 11 is 0. The van der Waals surface area contributed by atoms with Gasteiger partial charge in [0.05, 0.1) is 13.2 Å². The molecule has 4 heteroatoms. The molecular formula is C35H64O4. The third-order valence-corrected chi connectivity index (χ3v) is 6.92. The summed E-state index contributed by atoms with van der Waals surface area (Å²) in [5.74, 6) is -0.219. The van der Waals surface area contributed by atoms with Crippen LogP contribution in [-0.4, -0.2) is 37.0 Å². The summed E-state index contributed by atoms with van der Waals surface area (Å²) in [6, 6.07) is 0. The molecule has 39 heavy (non-hydrogen) atoms. The molecule has 0 spiro atoms. The van der Waals surface area contributed by atoms with Gasteiger partial charge < -0.3 is 14.6 Å². The smallest absolute Gasteiger partial charge is 0.306 e. The second-order valence-corrected chi connectivity index (χ2v) is 10.9. The van der Waals surface area contributed by atoms with Gasteiger partial charge >= 0.3 is 5.97 Å². The molecule has 0 aromatic heterocycles. The Kier molecular flexibility index (Phi) is 31.7. The maximum atomic E-state index is 12.1. The molecule has 0 amide bonds. The molecule has 0 rings (SSSR count). The van der Waals surface area contributed by atoms with Crippen molar-refractivity contribution < 1.29 is 19.4 Å². The van der Waals surface area contributed by atoms with E-state index in [2.05, 4.69) is 50.3 Å². The van der Waals surface area contributed by atoms with Crippen molar-refractivity contribution in [2.75, 3.05) is 19.8 Å². The van der Waals surface area contributed by atoms with Gasteiger partial charge in [-0.05, 0) is 64.2 Å². The van der Waals surface area contributed by atoms with E-state index < -0.39 is 6.10 Å². The van der Waals surface area contributed by atoms with Gasteiger partial charge in [-0.25, -0.2) is 0 Å². The highest BCUT2D eigenvalue weighted by Crippen LogP contribution is 2.11. The Morgan fingerprint density at radius 2 is 1.13 bits per heavy atom. The van der Waals surface area contributed by atoms with Crippen LogP contribution in [0.5, 0.6) is 0 Å². The zero-order valence-electron chi connectivity index (χ0n) is 25.9. The highest BCUT2D eigenvalue weighted by molar-refractivity contribution is 5.69. The van der Waals surface area contributed by atoms with E-state index in [1.807, 2.05) is 0 Å². The Morgan fingerprint density at radius 3 is 1.72 bits per heavy atom. The second kappa shape index (κ2) is 32.8. The van der Waals surface area contributed by atoms with Crippen LogP contribution in [0.3, 0.4) is 0 Å². The largest absolute Gasteiger partial charge is 0.457 e. The van der Waals surface area contributed by atoms with E-state index in [0.29, 0.717) is 13.0 Å². The van der Waals surface area contributed by atoms with Crippen LogP contribution in [0.25, 0.3) is 0 Å². The SMILES string of the molecule is CCC/C=C\CCCCCCCCOCC(CO)OC(=O)CCCCCCC/C=C\C/C=C\CCCCCC. The number of allylic oxidation sites excluding steroid dienone is 6. The summed E-state index contributed by atoms with van der Waals surface area (Å²) in [7, 11) is 0. The zero-order valence-corrected chi connectivity index (χ0v) is 25.9. The first-order valence-corrected chi connectivity index (χ1v) is 16.6. The minimum Gasteiger partial charge on any atom is -0.457 e. The molecule has 0 aliphatic rings. The van der Waals surface area contributed by atoms with Crippen molar-refractivity contribution in [2.45, 2.75) is 161 Å². The highest BCUT2D eigenvalue weighted by Gasteiger charge is 2.13. The van der Waals surface area contributed by atoms with Crippen molar-refractivity contribution in [2.24, 2.45) is 0 Å². The van der Waals surface area contributed by atoms with Crippen molar-refractivity contribution in [3.8, 4) is 0 Å². The number of carbonyl (C=O) groups is 1. The van der Waals surface area contributed by atoms with Gasteiger partial charge in [0.25, 0.3) is 0 Å². The van der Waals surface area contributed by atoms with E-state index in [1.165, 1.54) is 96.3 Å². The molecule has 0 saturated heterocycles. The molecule has 1 N–H and O–H groups in total. The zero-order chi connectivity index (χ0) is 28.5. The molecule has 0 aromatic rings. The Bertz CT molecular complexity index is 581. The number of hydrogen-bond acceptors (Lipinski definition) is 4. The lowest BCUT2D eigenvalue weighted by Crippen LogP contribution is -2.27. The molecule has 1 unspecified atom stereocenters. The highest BCUT2D eigenvalue weighted by atomic mass is 16.6. The number of hydrogen-bond donors (Lipinski definition) is 1. The first-order chi connectivity index (χ1) is 19.2. The predicted octanol–water partition coefficient (Wildman–Crippen LogP) is 10.2. The molecule has 1 atom stereocenters. The predicted molar refractivity (Wildman–Crippen MR) is 168 cm³/mol. The molecule has 4 nitrogen and oxygen atoms in total. The first kappa shape index (κ1) is 37.6. The molecule has 0 heterocycles. The van der Waals surface area contributed by atoms with Gasteiger partial charge in [0.15, 0.2) is 0 Å². The lowest BCUT2D eigenvalue weighted by Gasteiger charge is -2.15. The summed E-state index contributed by atoms with van der Waals surface area (Å²) in [4.78, 5) is 12.1. The van der Waals surface area contributed by atoms with Crippen LogP contribution in [0.4, 0.5) is 0 Å². The van der Waals surface area contributed by atoms with E-state index in [4.69, 9.17) is 9.47 Å². The Hall–Kier alpha value is -1.39. The fourth-order valence-corrected chi connectivity index (χ4v) is 4.42. The van der Waals surface area contributed by atoms with Gasteiger partial charge in [0, 0.05) is 13.0 Å². The lowest BCUT2D eigenvalue weighted by atomic mass is 10.1. The summed E-state index contributed by atoms with van der Waals surface area (Å²) in [6.45, 7) is 5.24. The van der Waals surface area contributed by atoms with Crippen LogP contribution < -0.4 is 0 Å². The van der Waals surface area contributed by atoms with Crippen molar-refractivity contribution >= 4 is 5.97 Å². The Balaban J connectivity index is 3.50. The molecule has 0 aliphatic heterocycles. The van der Waals surface area contributed by atoms with Crippen molar-refractivity contribution in [1.82, 2.24) is 0 Å². The number of carbonyl (C=O) groups excluding carboxylic acids is 1. The van der Waals surface area contributed by atoms with Crippen molar-refractivity contribution in [1.29, 1.82) is 0 Å². The van der Waals surface area contributed by atoms with E-state index in [0.717, 1.165) is 38.5 Å². The average molecular weight is 549 g/mol. The van der Waals surface area contributed by atoms with Crippen molar-refractivity contribution in [3.63, 3.8) is 0 Å².